The maximum Gasteiger partial charge on any atom is -0.0260 e. The summed E-state index contributed by atoms with van der Waals surface area (Å²) >= 11 is 0. The van der Waals surface area contributed by atoms with Gasteiger partial charge in [0.2, 0.25) is 0 Å². The van der Waals surface area contributed by atoms with Crippen molar-refractivity contribution in [3.05, 3.63) is 226 Å². The van der Waals surface area contributed by atoms with Crippen molar-refractivity contribution in [2.24, 2.45) is 0 Å². The molecule has 0 saturated heterocycles. The van der Waals surface area contributed by atoms with Crippen LogP contribution in [0.25, 0.3) is 48.6 Å². The number of benzene rings is 4. The predicted octanol–water partition coefficient (Wildman–Crippen LogP) is 22.9. The first-order valence-corrected chi connectivity index (χ1v) is 20.3. The Morgan fingerprint density at radius 3 is 0.338 bits per heavy atom. The fourth-order valence-corrected chi connectivity index (χ4v) is 4.75. The van der Waals surface area contributed by atoms with E-state index in [9.17, 15) is 0 Å². The largest absolute Gasteiger partial charge is 0.130 e. The molecule has 4 rings (SSSR count). The zero-order chi connectivity index (χ0) is 43.5. The summed E-state index contributed by atoms with van der Waals surface area (Å²) < 4.78 is 0. The molecule has 0 aliphatic carbocycles. The molecular weight excluding hydrogens is 781 g/mol. The van der Waals surface area contributed by atoms with Gasteiger partial charge in [-0.3, -0.25) is 0 Å². The van der Waals surface area contributed by atoms with Crippen molar-refractivity contribution in [3.63, 3.8) is 0 Å². The van der Waals surface area contributed by atoms with E-state index in [2.05, 4.69) is 157 Å². The highest BCUT2D eigenvalue weighted by atomic mass is 13.9. The summed E-state index contributed by atoms with van der Waals surface area (Å²) in [6.45, 7) is 24.0. The standard InChI is InChI=1S/4C12H14.2C5H8.7CH4/c4*1-3-5-11-7-9-12(6-4-2)10-8-11;2*1-3-5-4-2;;;;;;;/h4*3-10H,1-2H3;2*3-4H,1-2H3;7*1H4. The molecule has 0 aliphatic heterocycles. The third-order valence-corrected chi connectivity index (χ3v) is 7.29. The molecule has 0 N–H and O–H groups in total. The minimum atomic E-state index is 0. The quantitative estimate of drug-likeness (QED) is 0.155. The molecule has 0 unspecified atom stereocenters. The molecule has 0 spiro atoms. The Labute approximate surface area is 407 Å². The number of rotatable bonds is 8. The zero-order valence-corrected chi connectivity index (χ0v) is 37.8. The second-order valence-electron chi connectivity index (χ2n) is 12.2. The van der Waals surface area contributed by atoms with Crippen molar-refractivity contribution < 1.29 is 0 Å². The maximum atomic E-state index is 2.86. The minimum absolute atomic E-state index is 0. The van der Waals surface area contributed by atoms with Gasteiger partial charge in [-0.15, -0.1) is 11.5 Å². The van der Waals surface area contributed by atoms with Crippen LogP contribution in [-0.2, 0) is 0 Å². The SMILES string of the molecule is C.C.C.C.C.C.C.CC=C=CC.CC=C=CC.CC=Cc1ccc(C=CC)cc1.CC=Cc1ccc(C=CC)cc1.CC=Cc1ccc(C=CC)cc1.CC=Cc1ccc(C=CC)cc1. The first-order valence-electron chi connectivity index (χ1n) is 20.3. The van der Waals surface area contributed by atoms with Crippen LogP contribution < -0.4 is 0 Å². The molecular formula is C65H100. The van der Waals surface area contributed by atoms with Gasteiger partial charge in [-0.1, -0.05) is 246 Å². The Morgan fingerprint density at radius 2 is 0.292 bits per heavy atom. The van der Waals surface area contributed by atoms with Gasteiger partial charge in [0.15, 0.2) is 0 Å². The van der Waals surface area contributed by atoms with E-state index < -0.39 is 0 Å². The van der Waals surface area contributed by atoms with Crippen LogP contribution in [0.1, 0.15) is 180 Å². The fraction of sp³-hybridized carbons (Fsp3) is 0.292. The van der Waals surface area contributed by atoms with Crippen LogP contribution in [0.5, 0.6) is 0 Å². The van der Waals surface area contributed by atoms with E-state index in [-0.39, 0.29) is 52.0 Å². The molecule has 0 nitrogen and oxygen atoms in total. The molecule has 4 aromatic carbocycles. The predicted molar refractivity (Wildman–Crippen MR) is 319 cm³/mol. The van der Waals surface area contributed by atoms with E-state index in [4.69, 9.17) is 0 Å². The van der Waals surface area contributed by atoms with Crippen LogP contribution in [-0.4, -0.2) is 0 Å². The van der Waals surface area contributed by atoms with Crippen molar-refractivity contribution in [2.75, 3.05) is 0 Å². The summed E-state index contributed by atoms with van der Waals surface area (Å²) in [5, 5.41) is 0. The van der Waals surface area contributed by atoms with Gasteiger partial charge in [-0.05, 0) is 152 Å². The van der Waals surface area contributed by atoms with Crippen LogP contribution in [0.3, 0.4) is 0 Å². The molecule has 0 fully saturated rings. The van der Waals surface area contributed by atoms with Gasteiger partial charge in [0.25, 0.3) is 0 Å². The summed E-state index contributed by atoms with van der Waals surface area (Å²) in [6, 6.07) is 33.9. The average Bonchev–Trinajstić information content (AvgIpc) is 3.24. The molecule has 0 aliphatic rings. The Morgan fingerprint density at radius 1 is 0.200 bits per heavy atom. The van der Waals surface area contributed by atoms with Crippen molar-refractivity contribution >= 4 is 48.6 Å². The molecule has 4 aromatic rings. The maximum absolute atomic E-state index is 2.86. The third kappa shape index (κ3) is 47.2. The molecule has 0 heterocycles. The van der Waals surface area contributed by atoms with Gasteiger partial charge >= 0.3 is 0 Å². The van der Waals surface area contributed by atoms with E-state index in [0.717, 1.165) is 0 Å². The van der Waals surface area contributed by atoms with E-state index in [1.165, 1.54) is 44.5 Å². The van der Waals surface area contributed by atoms with Gasteiger partial charge < -0.3 is 0 Å². The van der Waals surface area contributed by atoms with Gasteiger partial charge in [0.05, 0.1) is 0 Å². The summed E-state index contributed by atoms with van der Waals surface area (Å²) in [5.41, 5.74) is 15.8. The Hall–Kier alpha value is -6.16. The molecule has 0 aromatic heterocycles. The lowest BCUT2D eigenvalue weighted by Gasteiger charge is -1.94. The van der Waals surface area contributed by atoms with Crippen molar-refractivity contribution in [3.8, 4) is 0 Å². The highest BCUT2D eigenvalue weighted by Gasteiger charge is 1.89. The second-order valence-corrected chi connectivity index (χ2v) is 12.2. The molecule has 0 heteroatoms. The molecule has 0 amide bonds. The Balaban J connectivity index is -0.0000000831. The highest BCUT2D eigenvalue weighted by molar-refractivity contribution is 5.58. The van der Waals surface area contributed by atoms with Crippen LogP contribution in [0.4, 0.5) is 0 Å². The van der Waals surface area contributed by atoms with Crippen molar-refractivity contribution in [1.29, 1.82) is 0 Å². The van der Waals surface area contributed by atoms with E-state index in [1.54, 1.807) is 0 Å². The van der Waals surface area contributed by atoms with E-state index >= 15 is 0 Å². The lowest BCUT2D eigenvalue weighted by Crippen LogP contribution is -1.73. The lowest BCUT2D eigenvalue weighted by molar-refractivity contribution is 1.60. The minimum Gasteiger partial charge on any atom is -0.130 e. The number of hydrogen-bond donors (Lipinski definition) is 0. The molecule has 0 saturated carbocycles. The molecule has 0 radical (unpaired) electrons. The fourth-order valence-electron chi connectivity index (χ4n) is 4.75. The molecule has 360 valence electrons. The number of allylic oxidation sites excluding steroid dienone is 10. The van der Waals surface area contributed by atoms with Gasteiger partial charge in [0.1, 0.15) is 0 Å². The van der Waals surface area contributed by atoms with Gasteiger partial charge in [-0.2, -0.15) is 0 Å². The van der Waals surface area contributed by atoms with Crippen LogP contribution in [0.15, 0.2) is 181 Å². The summed E-state index contributed by atoms with van der Waals surface area (Å²) in [5.74, 6) is 0. The second kappa shape index (κ2) is 59.9. The molecule has 0 bridgehead atoms. The molecule has 0 atom stereocenters. The first kappa shape index (κ1) is 79.2. The van der Waals surface area contributed by atoms with Crippen molar-refractivity contribution in [2.45, 2.75) is 135 Å². The summed E-state index contributed by atoms with van der Waals surface area (Å²) in [6.07, 6.45) is 40.6. The van der Waals surface area contributed by atoms with E-state index in [0.29, 0.717) is 0 Å². The monoisotopic (exact) mass is 881 g/mol. The zero-order valence-electron chi connectivity index (χ0n) is 37.8. The highest BCUT2D eigenvalue weighted by Crippen LogP contribution is 2.10. The first-order chi connectivity index (χ1) is 28.3. The van der Waals surface area contributed by atoms with Gasteiger partial charge in [-0.25, -0.2) is 0 Å². The van der Waals surface area contributed by atoms with E-state index in [1.807, 2.05) is 156 Å². The lowest BCUT2D eigenvalue weighted by atomic mass is 10.1. The average molecular weight is 882 g/mol. The van der Waals surface area contributed by atoms with Gasteiger partial charge in [0, 0.05) is 0 Å². The van der Waals surface area contributed by atoms with Crippen LogP contribution in [0.2, 0.25) is 0 Å². The Bertz CT molecular complexity index is 1520. The van der Waals surface area contributed by atoms with Crippen LogP contribution in [0, 0.1) is 0 Å². The summed E-state index contributed by atoms with van der Waals surface area (Å²) in [4.78, 5) is 0. The Kier molecular flexibility index (Phi) is 73.1. The molecule has 65 heavy (non-hydrogen) atoms. The van der Waals surface area contributed by atoms with Crippen molar-refractivity contribution in [1.82, 2.24) is 0 Å². The number of hydrogen-bond acceptors (Lipinski definition) is 0. The third-order valence-electron chi connectivity index (χ3n) is 7.29. The normalized spacial score (nSPS) is 9.29. The van der Waals surface area contributed by atoms with Crippen LogP contribution >= 0.6 is 0 Å². The summed E-state index contributed by atoms with van der Waals surface area (Å²) in [7, 11) is 0. The topological polar surface area (TPSA) is 0 Å². The smallest absolute Gasteiger partial charge is 0.0260 e.